The summed E-state index contributed by atoms with van der Waals surface area (Å²) in [4.78, 5) is 7.80. The summed E-state index contributed by atoms with van der Waals surface area (Å²) in [6.45, 7) is 1.48. The number of ether oxygens (including phenoxy) is 1. The van der Waals surface area contributed by atoms with Crippen molar-refractivity contribution in [3.8, 4) is 0 Å². The molecule has 1 saturated carbocycles. The van der Waals surface area contributed by atoms with Gasteiger partial charge in [0.1, 0.15) is 0 Å². The number of nitrogens with zero attached hydrogens (tertiary/aromatic N) is 3. The minimum absolute atomic E-state index is 0.000889. The topological polar surface area (TPSA) is 84.4 Å². The van der Waals surface area contributed by atoms with E-state index >= 15 is 0 Å². The minimum Gasteiger partial charge on any atom is -0.371 e. The van der Waals surface area contributed by atoms with Gasteiger partial charge in [-0.15, -0.1) is 0 Å². The summed E-state index contributed by atoms with van der Waals surface area (Å²) in [7, 11) is -3.17. The van der Waals surface area contributed by atoms with Gasteiger partial charge in [-0.25, -0.2) is 22.8 Å². The Morgan fingerprint density at radius 1 is 1.33 bits per heavy atom. The van der Waals surface area contributed by atoms with Crippen LogP contribution in [0.2, 0.25) is 0 Å². The van der Waals surface area contributed by atoms with E-state index in [0.29, 0.717) is 32.1 Å². The van der Waals surface area contributed by atoms with E-state index in [0.717, 1.165) is 38.1 Å². The Kier molecular flexibility index (Phi) is 3.97. The molecule has 0 aromatic carbocycles. The van der Waals surface area contributed by atoms with Gasteiger partial charge < -0.3 is 10.1 Å². The second-order valence-corrected chi connectivity index (χ2v) is 9.16. The molecule has 7 nitrogen and oxygen atoms in total. The van der Waals surface area contributed by atoms with Crippen molar-refractivity contribution in [2.24, 2.45) is 0 Å². The van der Waals surface area contributed by atoms with E-state index in [1.165, 1.54) is 0 Å². The lowest BCUT2D eigenvalue weighted by Crippen LogP contribution is -2.51. The zero-order valence-corrected chi connectivity index (χ0v) is 14.1. The van der Waals surface area contributed by atoms with Crippen LogP contribution < -0.4 is 5.32 Å². The van der Waals surface area contributed by atoms with Crippen molar-refractivity contribution < 1.29 is 17.5 Å². The van der Waals surface area contributed by atoms with Crippen molar-refractivity contribution in [3.05, 3.63) is 18.2 Å². The molecule has 1 aromatic rings. The lowest BCUT2D eigenvalue weighted by atomic mass is 9.90. The van der Waals surface area contributed by atoms with Crippen molar-refractivity contribution in [2.75, 3.05) is 25.0 Å². The van der Waals surface area contributed by atoms with Gasteiger partial charge in [0.15, 0.2) is 5.82 Å². The number of hydrogen-bond donors (Lipinski definition) is 1. The Morgan fingerprint density at radius 3 is 2.79 bits per heavy atom. The number of piperidine rings is 1. The SMILES string of the molecule is O=S(=O)(C1CC1)N1CCCC2(CC(Nc3ncc(F)cn3)CO2)C1. The van der Waals surface area contributed by atoms with Gasteiger partial charge in [-0.3, -0.25) is 0 Å². The lowest BCUT2D eigenvalue weighted by molar-refractivity contribution is -0.0329. The third-order valence-electron chi connectivity index (χ3n) is 4.97. The van der Waals surface area contributed by atoms with Crippen molar-refractivity contribution in [2.45, 2.75) is 49.0 Å². The smallest absolute Gasteiger partial charge is 0.223 e. The largest absolute Gasteiger partial charge is 0.371 e. The number of aromatic nitrogens is 2. The summed E-state index contributed by atoms with van der Waals surface area (Å²) in [5.74, 6) is -0.117. The molecular weight excluding hydrogens is 335 g/mol. The molecule has 1 spiro atoms. The number of anilines is 1. The molecule has 9 heteroatoms. The standard InChI is InChI=1S/C15H21FN4O3S/c16-11-7-17-14(18-8-11)19-12-6-15(23-9-12)4-1-5-20(10-15)24(21,22)13-2-3-13/h7-8,12-13H,1-6,9-10H2,(H,17,18,19). The first-order valence-electron chi connectivity index (χ1n) is 8.34. The fraction of sp³-hybridized carbons (Fsp3) is 0.733. The number of halogens is 1. The van der Waals surface area contributed by atoms with E-state index in [4.69, 9.17) is 4.74 Å². The molecule has 2 aliphatic heterocycles. The predicted octanol–water partition coefficient (Wildman–Crippen LogP) is 1.14. The third-order valence-corrected chi connectivity index (χ3v) is 7.32. The van der Waals surface area contributed by atoms with Gasteiger partial charge in [-0.05, 0) is 25.7 Å². The third kappa shape index (κ3) is 3.12. The molecule has 4 rings (SSSR count). The maximum Gasteiger partial charge on any atom is 0.223 e. The van der Waals surface area contributed by atoms with Gasteiger partial charge in [0.25, 0.3) is 0 Å². The maximum atomic E-state index is 12.9. The van der Waals surface area contributed by atoms with Crippen LogP contribution in [0.25, 0.3) is 0 Å². The molecule has 2 unspecified atom stereocenters. The predicted molar refractivity (Wildman–Crippen MR) is 85.4 cm³/mol. The molecule has 3 fully saturated rings. The van der Waals surface area contributed by atoms with Gasteiger partial charge in [0.2, 0.25) is 16.0 Å². The Hall–Kier alpha value is -1.32. The molecule has 0 radical (unpaired) electrons. The Labute approximate surface area is 140 Å². The first-order valence-corrected chi connectivity index (χ1v) is 9.84. The number of hydrogen-bond acceptors (Lipinski definition) is 6. The van der Waals surface area contributed by atoms with Gasteiger partial charge in [-0.2, -0.15) is 4.31 Å². The van der Waals surface area contributed by atoms with Crippen molar-refractivity contribution in [1.82, 2.24) is 14.3 Å². The highest BCUT2D eigenvalue weighted by Crippen LogP contribution is 2.39. The highest BCUT2D eigenvalue weighted by atomic mass is 32.2. The molecule has 132 valence electrons. The molecule has 0 bridgehead atoms. The van der Waals surface area contributed by atoms with Crippen molar-refractivity contribution in [3.63, 3.8) is 0 Å². The van der Waals surface area contributed by atoms with Crippen molar-refractivity contribution >= 4 is 16.0 Å². The van der Waals surface area contributed by atoms with E-state index < -0.39 is 21.4 Å². The van der Waals surface area contributed by atoms with Crippen LogP contribution in [0, 0.1) is 5.82 Å². The molecule has 2 saturated heterocycles. The summed E-state index contributed by atoms with van der Waals surface area (Å²) < 4.78 is 45.5. The van der Waals surface area contributed by atoms with Gasteiger partial charge in [-0.1, -0.05) is 0 Å². The zero-order chi connectivity index (χ0) is 16.8. The zero-order valence-electron chi connectivity index (χ0n) is 13.3. The highest BCUT2D eigenvalue weighted by molar-refractivity contribution is 7.90. The number of rotatable bonds is 4. The average molecular weight is 356 g/mol. The van der Waals surface area contributed by atoms with Crippen LogP contribution in [0.5, 0.6) is 0 Å². The normalized spacial score (nSPS) is 31.5. The average Bonchev–Trinajstić information content (AvgIpc) is 3.36. The summed E-state index contributed by atoms with van der Waals surface area (Å²) in [6.07, 6.45) is 6.15. The lowest BCUT2D eigenvalue weighted by Gasteiger charge is -2.39. The Bertz CT molecular complexity index is 710. The van der Waals surface area contributed by atoms with Crippen LogP contribution in [0.3, 0.4) is 0 Å². The molecule has 2 atom stereocenters. The fourth-order valence-corrected chi connectivity index (χ4v) is 5.59. The van der Waals surface area contributed by atoms with Crippen molar-refractivity contribution in [1.29, 1.82) is 0 Å². The number of nitrogens with one attached hydrogen (secondary N) is 1. The second-order valence-electron chi connectivity index (χ2n) is 6.95. The van der Waals surface area contributed by atoms with E-state index in [-0.39, 0.29) is 11.3 Å². The molecular formula is C15H21FN4O3S. The monoisotopic (exact) mass is 356 g/mol. The Balaban J connectivity index is 1.42. The Morgan fingerprint density at radius 2 is 2.08 bits per heavy atom. The second kappa shape index (κ2) is 5.89. The molecule has 24 heavy (non-hydrogen) atoms. The van der Waals surface area contributed by atoms with E-state index in [9.17, 15) is 12.8 Å². The van der Waals surface area contributed by atoms with E-state index in [1.54, 1.807) is 4.31 Å². The van der Waals surface area contributed by atoms with E-state index in [1.807, 2.05) is 0 Å². The van der Waals surface area contributed by atoms with Crippen LogP contribution in [-0.4, -0.2) is 59.3 Å². The maximum absolute atomic E-state index is 12.9. The summed E-state index contributed by atoms with van der Waals surface area (Å²) >= 11 is 0. The summed E-state index contributed by atoms with van der Waals surface area (Å²) in [5.41, 5.74) is -0.433. The van der Waals surface area contributed by atoms with Crippen LogP contribution >= 0.6 is 0 Å². The quantitative estimate of drug-likeness (QED) is 0.871. The first-order chi connectivity index (χ1) is 11.5. The fourth-order valence-electron chi connectivity index (χ4n) is 3.64. The summed E-state index contributed by atoms with van der Waals surface area (Å²) in [5, 5.41) is 2.96. The van der Waals surface area contributed by atoms with Gasteiger partial charge >= 0.3 is 0 Å². The minimum atomic E-state index is -3.17. The number of sulfonamides is 1. The molecule has 1 aromatic heterocycles. The molecule has 3 heterocycles. The molecule has 3 aliphatic rings. The molecule has 1 aliphatic carbocycles. The van der Waals surface area contributed by atoms with Crippen LogP contribution in [0.4, 0.5) is 10.3 Å². The van der Waals surface area contributed by atoms with Crippen LogP contribution in [0.15, 0.2) is 12.4 Å². The van der Waals surface area contributed by atoms with Gasteiger partial charge in [0.05, 0.1) is 35.9 Å². The summed E-state index contributed by atoms with van der Waals surface area (Å²) in [6, 6.07) is -0.000889. The highest BCUT2D eigenvalue weighted by Gasteiger charge is 2.49. The first kappa shape index (κ1) is 16.2. The molecule has 1 N–H and O–H groups in total. The van der Waals surface area contributed by atoms with Crippen LogP contribution in [0.1, 0.15) is 32.1 Å². The van der Waals surface area contributed by atoms with Crippen LogP contribution in [-0.2, 0) is 14.8 Å². The van der Waals surface area contributed by atoms with Gasteiger partial charge in [0, 0.05) is 19.5 Å². The van der Waals surface area contributed by atoms with E-state index in [2.05, 4.69) is 15.3 Å². The molecule has 0 amide bonds.